The minimum atomic E-state index is -0.851. The summed E-state index contributed by atoms with van der Waals surface area (Å²) in [6.45, 7) is 5.44. The Morgan fingerprint density at radius 3 is 2.07 bits per heavy atom. The highest BCUT2D eigenvalue weighted by molar-refractivity contribution is 5.73. The Kier molecular flexibility index (Phi) is 5.20. The van der Waals surface area contributed by atoms with Crippen molar-refractivity contribution >= 4 is 11.9 Å². The summed E-state index contributed by atoms with van der Waals surface area (Å²) in [7, 11) is 1.31. The fraction of sp³-hybridized carbons (Fsp3) is 0.800. The van der Waals surface area contributed by atoms with Crippen molar-refractivity contribution in [2.45, 2.75) is 27.2 Å². The molecular formula is C10H18O4. The van der Waals surface area contributed by atoms with E-state index in [0.717, 1.165) is 0 Å². The van der Waals surface area contributed by atoms with E-state index in [1.807, 2.05) is 13.8 Å². The van der Waals surface area contributed by atoms with Crippen LogP contribution in [0.2, 0.25) is 0 Å². The molecule has 0 aliphatic heterocycles. The highest BCUT2D eigenvalue weighted by atomic mass is 16.5. The van der Waals surface area contributed by atoms with E-state index in [4.69, 9.17) is 5.11 Å². The lowest BCUT2D eigenvalue weighted by Crippen LogP contribution is -2.28. The molecule has 0 saturated heterocycles. The zero-order valence-electron chi connectivity index (χ0n) is 9.11. The van der Waals surface area contributed by atoms with Crippen molar-refractivity contribution in [1.82, 2.24) is 0 Å². The number of methoxy groups -OCH3 is 1. The molecule has 1 N–H and O–H groups in total. The van der Waals surface area contributed by atoms with Crippen molar-refractivity contribution in [2.24, 2.45) is 17.8 Å². The molecule has 4 heteroatoms. The average Bonchev–Trinajstić information content (AvgIpc) is 2.02. The number of carbonyl (C=O) groups excluding carboxylic acids is 1. The lowest BCUT2D eigenvalue weighted by atomic mass is 9.83. The number of carboxylic acid groups (broad SMARTS) is 1. The van der Waals surface area contributed by atoms with Crippen LogP contribution in [0.25, 0.3) is 0 Å². The maximum absolute atomic E-state index is 11.0. The summed E-state index contributed by atoms with van der Waals surface area (Å²) in [4.78, 5) is 21.9. The Hall–Kier alpha value is -1.06. The predicted octanol–water partition coefficient (Wildman–Crippen LogP) is 1.54. The lowest BCUT2D eigenvalue weighted by Gasteiger charge is -2.22. The molecule has 14 heavy (non-hydrogen) atoms. The number of aliphatic carboxylic acids is 1. The molecule has 0 heterocycles. The monoisotopic (exact) mass is 202 g/mol. The fourth-order valence-corrected chi connectivity index (χ4v) is 1.66. The number of carbonyl (C=O) groups is 2. The van der Waals surface area contributed by atoms with Crippen molar-refractivity contribution in [3.8, 4) is 0 Å². The first-order valence-electron chi connectivity index (χ1n) is 4.69. The molecule has 4 nitrogen and oxygen atoms in total. The van der Waals surface area contributed by atoms with E-state index < -0.39 is 11.9 Å². The minimum absolute atomic E-state index is 0.0205. The zero-order chi connectivity index (χ0) is 11.3. The molecule has 0 bridgehead atoms. The van der Waals surface area contributed by atoms with Crippen molar-refractivity contribution in [1.29, 1.82) is 0 Å². The van der Waals surface area contributed by atoms with Crippen LogP contribution in [-0.2, 0) is 14.3 Å². The molecule has 0 aromatic carbocycles. The number of hydrogen-bond donors (Lipinski definition) is 1. The van der Waals surface area contributed by atoms with Gasteiger partial charge in [-0.1, -0.05) is 20.8 Å². The Labute approximate surface area is 84.3 Å². The molecule has 0 spiro atoms. The average molecular weight is 202 g/mol. The minimum Gasteiger partial charge on any atom is -0.481 e. The Bertz CT molecular complexity index is 210. The van der Waals surface area contributed by atoms with Gasteiger partial charge in [-0.15, -0.1) is 0 Å². The molecule has 2 unspecified atom stereocenters. The molecule has 0 saturated carbocycles. The molecule has 0 amide bonds. The Morgan fingerprint density at radius 1 is 1.29 bits per heavy atom. The first-order valence-corrected chi connectivity index (χ1v) is 4.69. The van der Waals surface area contributed by atoms with Crippen LogP contribution in [0.4, 0.5) is 0 Å². The molecule has 2 atom stereocenters. The molecule has 0 aromatic rings. The summed E-state index contributed by atoms with van der Waals surface area (Å²) < 4.78 is 4.50. The summed E-state index contributed by atoms with van der Waals surface area (Å²) in [5.41, 5.74) is 0. The molecule has 82 valence electrons. The summed E-state index contributed by atoms with van der Waals surface area (Å²) in [6.07, 6.45) is 0.158. The smallest absolute Gasteiger partial charge is 0.307 e. The molecular weight excluding hydrogens is 184 g/mol. The first kappa shape index (κ1) is 12.9. The molecule has 0 aromatic heterocycles. The van der Waals surface area contributed by atoms with Gasteiger partial charge < -0.3 is 9.84 Å². The first-order chi connectivity index (χ1) is 6.40. The second-order valence-corrected chi connectivity index (χ2v) is 3.87. The van der Waals surface area contributed by atoms with E-state index in [2.05, 4.69) is 4.74 Å². The molecule has 0 aliphatic carbocycles. The normalized spacial score (nSPS) is 14.9. The van der Waals surface area contributed by atoms with Crippen LogP contribution in [-0.4, -0.2) is 24.2 Å². The fourth-order valence-electron chi connectivity index (χ4n) is 1.66. The number of carboxylic acids is 1. The van der Waals surface area contributed by atoms with Crippen molar-refractivity contribution < 1.29 is 19.4 Å². The van der Waals surface area contributed by atoms with E-state index in [1.165, 1.54) is 7.11 Å². The highest BCUT2D eigenvalue weighted by Gasteiger charge is 2.29. The highest BCUT2D eigenvalue weighted by Crippen LogP contribution is 2.24. The second kappa shape index (κ2) is 5.62. The van der Waals surface area contributed by atoms with E-state index in [-0.39, 0.29) is 24.2 Å². The topological polar surface area (TPSA) is 63.6 Å². The molecule has 0 fully saturated rings. The van der Waals surface area contributed by atoms with Gasteiger partial charge in [-0.05, 0) is 11.8 Å². The summed E-state index contributed by atoms with van der Waals surface area (Å²) in [5, 5.41) is 8.95. The summed E-state index contributed by atoms with van der Waals surface area (Å²) >= 11 is 0. The number of ether oxygens (including phenoxy) is 1. The molecule has 0 radical (unpaired) electrons. The molecule has 0 aliphatic rings. The largest absolute Gasteiger partial charge is 0.481 e. The standard InChI is InChI=1S/C10H18O4/c1-6(2)9(10(12)13)7(3)5-8(11)14-4/h6-7,9H,5H2,1-4H3,(H,12,13). The van der Waals surface area contributed by atoms with Gasteiger partial charge in [0.1, 0.15) is 0 Å². The van der Waals surface area contributed by atoms with Gasteiger partial charge in [-0.3, -0.25) is 9.59 Å². The maximum atomic E-state index is 11.0. The number of rotatable bonds is 5. The summed E-state index contributed by atoms with van der Waals surface area (Å²) in [5.74, 6) is -1.87. The quantitative estimate of drug-likeness (QED) is 0.687. The van der Waals surface area contributed by atoms with Crippen molar-refractivity contribution in [3.63, 3.8) is 0 Å². The van der Waals surface area contributed by atoms with Gasteiger partial charge in [0.25, 0.3) is 0 Å². The molecule has 0 rings (SSSR count). The van der Waals surface area contributed by atoms with Gasteiger partial charge >= 0.3 is 11.9 Å². The van der Waals surface area contributed by atoms with Gasteiger partial charge in [-0.2, -0.15) is 0 Å². The number of esters is 1. The Balaban J connectivity index is 4.37. The third-order valence-electron chi connectivity index (χ3n) is 2.33. The van der Waals surface area contributed by atoms with Gasteiger partial charge in [0.2, 0.25) is 0 Å². The second-order valence-electron chi connectivity index (χ2n) is 3.87. The third kappa shape index (κ3) is 3.77. The zero-order valence-corrected chi connectivity index (χ0v) is 9.11. The van der Waals surface area contributed by atoms with E-state index >= 15 is 0 Å². The van der Waals surface area contributed by atoms with E-state index in [1.54, 1.807) is 6.92 Å². The predicted molar refractivity (Wildman–Crippen MR) is 51.8 cm³/mol. The van der Waals surface area contributed by atoms with Crippen molar-refractivity contribution in [2.75, 3.05) is 7.11 Å². The van der Waals surface area contributed by atoms with Gasteiger partial charge in [-0.25, -0.2) is 0 Å². The summed E-state index contributed by atoms with van der Waals surface area (Å²) in [6, 6.07) is 0. The SMILES string of the molecule is COC(=O)CC(C)C(C(=O)O)C(C)C. The van der Waals surface area contributed by atoms with Gasteiger partial charge in [0.05, 0.1) is 13.0 Å². The van der Waals surface area contributed by atoms with Crippen LogP contribution in [0.1, 0.15) is 27.2 Å². The van der Waals surface area contributed by atoms with Crippen LogP contribution in [0, 0.1) is 17.8 Å². The van der Waals surface area contributed by atoms with Crippen LogP contribution in [0.15, 0.2) is 0 Å². The van der Waals surface area contributed by atoms with Crippen molar-refractivity contribution in [3.05, 3.63) is 0 Å². The van der Waals surface area contributed by atoms with Crippen LogP contribution in [0.5, 0.6) is 0 Å². The maximum Gasteiger partial charge on any atom is 0.307 e. The van der Waals surface area contributed by atoms with E-state index in [9.17, 15) is 9.59 Å². The van der Waals surface area contributed by atoms with Crippen LogP contribution >= 0.6 is 0 Å². The van der Waals surface area contributed by atoms with Gasteiger partial charge in [0.15, 0.2) is 0 Å². The van der Waals surface area contributed by atoms with Crippen LogP contribution < -0.4 is 0 Å². The van der Waals surface area contributed by atoms with E-state index in [0.29, 0.717) is 0 Å². The van der Waals surface area contributed by atoms with Gasteiger partial charge in [0, 0.05) is 6.42 Å². The number of hydrogen-bond acceptors (Lipinski definition) is 3. The van der Waals surface area contributed by atoms with Crippen LogP contribution in [0.3, 0.4) is 0 Å². The third-order valence-corrected chi connectivity index (χ3v) is 2.33. The Morgan fingerprint density at radius 2 is 1.79 bits per heavy atom. The lowest BCUT2D eigenvalue weighted by molar-refractivity contribution is -0.147.